The topological polar surface area (TPSA) is 37.3 Å². The van der Waals surface area contributed by atoms with Crippen LogP contribution >= 0.6 is 0 Å². The van der Waals surface area contributed by atoms with Crippen LogP contribution in [0.15, 0.2) is 23.8 Å². The minimum absolute atomic E-state index is 0.694. The van der Waals surface area contributed by atoms with Gasteiger partial charge in [0.2, 0.25) is 0 Å². The summed E-state index contributed by atoms with van der Waals surface area (Å²) in [5.74, 6) is 1.78. The third kappa shape index (κ3) is 1.57. The van der Waals surface area contributed by atoms with Gasteiger partial charge in [0.25, 0.3) is 0 Å². The van der Waals surface area contributed by atoms with Crippen LogP contribution in [0.25, 0.3) is 0 Å². The molecular formula is C5H5BO2Si. The Morgan fingerprint density at radius 1 is 1.56 bits per heavy atom. The van der Waals surface area contributed by atoms with E-state index in [-0.39, 0.29) is 0 Å². The van der Waals surface area contributed by atoms with E-state index >= 15 is 0 Å². The molecule has 1 N–H and O–H groups in total. The molecule has 4 heteroatoms. The average molecular weight is 136 g/mol. The summed E-state index contributed by atoms with van der Waals surface area (Å²) in [6.45, 7) is 1.74. The molecule has 0 saturated heterocycles. The molecule has 0 aliphatic heterocycles. The summed E-state index contributed by atoms with van der Waals surface area (Å²) in [4.78, 5) is 10.3. The molecular weight excluding hydrogens is 131 g/mol. The molecule has 0 saturated carbocycles. The van der Waals surface area contributed by atoms with Crippen LogP contribution in [0.4, 0.5) is 4.79 Å². The molecule has 0 aliphatic carbocycles. The van der Waals surface area contributed by atoms with Gasteiger partial charge < -0.3 is 0 Å². The van der Waals surface area contributed by atoms with Crippen molar-refractivity contribution in [1.29, 1.82) is 0 Å². The second-order valence-electron chi connectivity index (χ2n) is 1.67. The van der Waals surface area contributed by atoms with Crippen LogP contribution < -0.4 is 0 Å². The number of hydrogen-bond donors (Lipinski definition) is 1. The van der Waals surface area contributed by atoms with Crippen molar-refractivity contribution in [2.75, 3.05) is 0 Å². The first-order valence-electron chi connectivity index (χ1n) is 2.59. The molecule has 0 bridgehead atoms. The summed E-state index contributed by atoms with van der Waals surface area (Å²) < 4.78 is 0. The molecule has 0 atom stereocenters. The van der Waals surface area contributed by atoms with Gasteiger partial charge in [0.05, 0.1) is 0 Å². The third-order valence-corrected chi connectivity index (χ3v) is 2.62. The van der Waals surface area contributed by atoms with Crippen molar-refractivity contribution < 1.29 is 9.90 Å². The van der Waals surface area contributed by atoms with E-state index in [9.17, 15) is 4.79 Å². The fourth-order valence-corrected chi connectivity index (χ4v) is 1.61. The van der Waals surface area contributed by atoms with Gasteiger partial charge in [-0.25, -0.2) is 0 Å². The normalized spacial score (nSPS) is 8.44. The van der Waals surface area contributed by atoms with Crippen LogP contribution in [0, 0.1) is 0 Å². The minimum atomic E-state index is -1.34. The van der Waals surface area contributed by atoms with Gasteiger partial charge in [-0.1, -0.05) is 0 Å². The van der Waals surface area contributed by atoms with Gasteiger partial charge in [-0.2, -0.15) is 0 Å². The van der Waals surface area contributed by atoms with Crippen LogP contribution in [0.3, 0.4) is 0 Å². The Balaban J connectivity index is 2.98. The van der Waals surface area contributed by atoms with Gasteiger partial charge in [-0.3, -0.25) is 0 Å². The van der Waals surface area contributed by atoms with Crippen LogP contribution in [0.2, 0.25) is 0 Å². The average Bonchev–Trinajstić information content (AvgIpc) is 1.90. The zero-order valence-corrected chi connectivity index (χ0v) is 5.74. The fourth-order valence-electron chi connectivity index (χ4n) is 0.581. The number of rotatable bonds is 1. The Kier molecular flexibility index (Phi) is 1.89. The first-order chi connectivity index (χ1) is 4.30. The molecule has 9 heavy (non-hydrogen) atoms. The van der Waals surface area contributed by atoms with Gasteiger partial charge in [0, 0.05) is 0 Å². The monoisotopic (exact) mass is 136 g/mol. The van der Waals surface area contributed by atoms with Crippen molar-refractivity contribution in [2.45, 2.75) is 0 Å². The summed E-state index contributed by atoms with van der Waals surface area (Å²) >= 11 is 0. The number of carboxylic acid groups (broad SMARTS) is 1. The Bertz CT molecular complexity index is 211. The van der Waals surface area contributed by atoms with Crippen molar-refractivity contribution >= 4 is 20.3 Å². The second kappa shape index (κ2) is 2.68. The van der Waals surface area contributed by atoms with E-state index in [0.717, 1.165) is 0 Å². The maximum atomic E-state index is 10.3. The molecule has 1 rings (SSSR count). The fraction of sp³-hybridized carbons (Fsp3) is 0. The second-order valence-corrected chi connectivity index (χ2v) is 3.68. The Labute approximate surface area is 54.8 Å². The quantitative estimate of drug-likeness (QED) is 0.573. The van der Waals surface area contributed by atoms with Crippen molar-refractivity contribution in [3.63, 3.8) is 0 Å². The number of carbonyl (C=O) groups is 1. The van der Waals surface area contributed by atoms with Crippen molar-refractivity contribution in [3.05, 3.63) is 23.8 Å². The van der Waals surface area contributed by atoms with E-state index < -0.39 is 13.9 Å². The van der Waals surface area contributed by atoms with Gasteiger partial charge in [0.15, 0.2) is 0 Å². The van der Waals surface area contributed by atoms with Gasteiger partial charge in [-0.15, -0.1) is 0 Å². The molecule has 0 unspecified atom stereocenters. The van der Waals surface area contributed by atoms with E-state index in [2.05, 4.69) is 0 Å². The molecule has 1 aromatic heterocycles. The van der Waals surface area contributed by atoms with Crippen molar-refractivity contribution in [2.24, 2.45) is 0 Å². The molecule has 0 amide bonds. The van der Waals surface area contributed by atoms with Crippen LogP contribution in [-0.4, -0.2) is 25.4 Å². The molecule has 0 aromatic carbocycles. The van der Waals surface area contributed by atoms with Crippen LogP contribution in [-0.2, 0) is 0 Å². The number of hydrogen-bond acceptors (Lipinski definition) is 1. The van der Waals surface area contributed by atoms with Gasteiger partial charge in [-0.05, 0) is 0 Å². The molecule has 0 fully saturated rings. The third-order valence-electron chi connectivity index (χ3n) is 1.02. The predicted octanol–water partition coefficient (Wildman–Crippen LogP) is 0.576. The summed E-state index contributed by atoms with van der Waals surface area (Å²) in [7, 11) is -1.34. The van der Waals surface area contributed by atoms with Crippen molar-refractivity contribution in [3.8, 4) is 0 Å². The molecule has 1 aromatic rings. The van der Waals surface area contributed by atoms with Crippen LogP contribution in [0.1, 0.15) is 0 Å². The SMILES string of the molecule is O=C(O)[si]1bcccc1. The van der Waals surface area contributed by atoms with E-state index in [0.29, 0.717) is 0 Å². The summed E-state index contributed by atoms with van der Waals surface area (Å²) in [6, 6.07) is 3.61. The van der Waals surface area contributed by atoms with Crippen LogP contribution in [0.5, 0.6) is 0 Å². The zero-order chi connectivity index (χ0) is 6.69. The van der Waals surface area contributed by atoms with Crippen molar-refractivity contribution in [1.82, 2.24) is 0 Å². The Morgan fingerprint density at radius 2 is 2.33 bits per heavy atom. The van der Waals surface area contributed by atoms with E-state index in [1.807, 2.05) is 6.07 Å². The first-order valence-corrected chi connectivity index (χ1v) is 4.24. The maximum absolute atomic E-state index is 10.3. The summed E-state index contributed by atoms with van der Waals surface area (Å²) in [5, 5.41) is 8.47. The predicted molar refractivity (Wildman–Crippen MR) is 37.2 cm³/mol. The Morgan fingerprint density at radius 3 is 2.67 bits per heavy atom. The molecule has 0 spiro atoms. The molecule has 1 heterocycles. The van der Waals surface area contributed by atoms with E-state index in [1.54, 1.807) is 24.2 Å². The standard InChI is InChI=1S/C5H5BO2Si/c7-5(8)9-4-2-1-3-6-9/h1-4H,(H,7,8). The molecule has 2 nitrogen and oxygen atoms in total. The Hall–Kier alpha value is -0.768. The summed E-state index contributed by atoms with van der Waals surface area (Å²) in [5.41, 5.74) is 1.05. The zero-order valence-electron chi connectivity index (χ0n) is 4.74. The molecule has 0 aliphatic rings. The van der Waals surface area contributed by atoms with Gasteiger partial charge >= 0.3 is 54.0 Å². The van der Waals surface area contributed by atoms with E-state index in [4.69, 9.17) is 5.11 Å². The molecule has 0 radical (unpaired) electrons. The van der Waals surface area contributed by atoms with E-state index in [1.165, 1.54) is 0 Å². The summed E-state index contributed by atoms with van der Waals surface area (Å²) in [6.07, 6.45) is 0. The van der Waals surface area contributed by atoms with Gasteiger partial charge in [0.1, 0.15) is 0 Å². The first kappa shape index (κ1) is 6.35. The molecule has 44 valence electrons.